The van der Waals surface area contributed by atoms with Gasteiger partial charge in [0.1, 0.15) is 0 Å². The number of rotatable bonds is 2. The van der Waals surface area contributed by atoms with Crippen LogP contribution < -0.4 is 14.0 Å². The van der Waals surface area contributed by atoms with Crippen LogP contribution in [-0.4, -0.2) is 12.3 Å². The Morgan fingerprint density at radius 2 is 1.81 bits per heavy atom. The van der Waals surface area contributed by atoms with Gasteiger partial charge < -0.3 is 18.4 Å². The summed E-state index contributed by atoms with van der Waals surface area (Å²) < 4.78 is 22.0. The van der Waals surface area contributed by atoms with E-state index >= 15 is 0 Å². The molecule has 0 N–H and O–H groups in total. The molecular formula is C15H8BNO4. The van der Waals surface area contributed by atoms with Crippen LogP contribution in [0.5, 0.6) is 17.2 Å². The number of fused-ring (bicyclic) bond motifs is 3. The highest BCUT2D eigenvalue weighted by atomic mass is 16.8. The molecule has 0 saturated carbocycles. The van der Waals surface area contributed by atoms with E-state index < -0.39 is 7.32 Å². The molecule has 3 heterocycles. The van der Waals surface area contributed by atoms with Crippen LogP contribution in [-0.2, 0) is 0 Å². The summed E-state index contributed by atoms with van der Waals surface area (Å²) in [5.74, 6) is 2.37. The highest BCUT2D eigenvalue weighted by Crippen LogP contribution is 2.51. The van der Waals surface area contributed by atoms with Crippen molar-refractivity contribution in [1.82, 2.24) is 4.98 Å². The second-order valence-corrected chi connectivity index (χ2v) is 4.82. The molecule has 0 fully saturated rings. The molecule has 0 spiro atoms. The lowest BCUT2D eigenvalue weighted by atomic mass is 10.2. The van der Waals surface area contributed by atoms with Gasteiger partial charge in [0.25, 0.3) is 0 Å². The summed E-state index contributed by atoms with van der Waals surface area (Å²) >= 11 is 0. The van der Waals surface area contributed by atoms with E-state index in [0.717, 1.165) is 5.56 Å². The van der Waals surface area contributed by atoms with E-state index in [4.69, 9.17) is 18.4 Å². The number of hydrogen-bond acceptors (Lipinski definition) is 5. The van der Waals surface area contributed by atoms with Gasteiger partial charge in [-0.25, -0.2) is 4.98 Å². The van der Waals surface area contributed by atoms with Crippen LogP contribution in [0.15, 0.2) is 40.8 Å². The molecule has 0 radical (unpaired) electrons. The molecule has 100 valence electrons. The van der Waals surface area contributed by atoms with E-state index in [-0.39, 0.29) is 0 Å². The van der Waals surface area contributed by atoms with Crippen LogP contribution in [0.2, 0.25) is 0 Å². The Morgan fingerprint density at radius 1 is 0.952 bits per heavy atom. The average Bonchev–Trinajstić information content (AvgIpc) is 3.18. The Balaban J connectivity index is 1.59. The van der Waals surface area contributed by atoms with E-state index in [9.17, 15) is 0 Å². The lowest BCUT2D eigenvalue weighted by Gasteiger charge is -2.07. The zero-order chi connectivity index (χ0) is 13.8. The van der Waals surface area contributed by atoms with Crippen LogP contribution >= 0.6 is 0 Å². The number of hydrogen-bond donors (Lipinski definition) is 0. The van der Waals surface area contributed by atoms with Crippen molar-refractivity contribution in [3.8, 4) is 17.2 Å². The molecule has 0 aliphatic carbocycles. The zero-order valence-electron chi connectivity index (χ0n) is 10.8. The van der Waals surface area contributed by atoms with Gasteiger partial charge in [-0.15, -0.1) is 0 Å². The first-order valence-electron chi connectivity index (χ1n) is 6.57. The van der Waals surface area contributed by atoms with Crippen molar-refractivity contribution in [3.63, 3.8) is 0 Å². The van der Waals surface area contributed by atoms with Crippen molar-refractivity contribution < 1.29 is 18.4 Å². The quantitative estimate of drug-likeness (QED) is 0.673. The summed E-state index contributed by atoms with van der Waals surface area (Å²) in [4.78, 5) is 4.45. The maximum absolute atomic E-state index is 5.71. The molecule has 2 aliphatic rings. The third-order valence-corrected chi connectivity index (χ3v) is 3.45. The van der Waals surface area contributed by atoms with Gasteiger partial charge in [-0.1, -0.05) is 30.3 Å². The topological polar surface area (TPSA) is 53.7 Å². The molecule has 0 amide bonds. The molecule has 0 saturated heterocycles. The van der Waals surface area contributed by atoms with E-state index in [2.05, 4.69) is 4.98 Å². The molecule has 3 aromatic rings. The summed E-state index contributed by atoms with van der Waals surface area (Å²) in [5.41, 5.74) is 2.37. The molecule has 0 atom stereocenters. The summed E-state index contributed by atoms with van der Waals surface area (Å²) in [6, 6.07) is 11.7. The van der Waals surface area contributed by atoms with Crippen molar-refractivity contribution in [2.45, 2.75) is 0 Å². The average molecular weight is 277 g/mol. The van der Waals surface area contributed by atoms with Gasteiger partial charge in [0.05, 0.1) is 0 Å². The van der Waals surface area contributed by atoms with Crippen molar-refractivity contribution in [1.29, 1.82) is 0 Å². The number of oxazole rings is 1. The molecule has 0 unspecified atom stereocenters. The normalized spacial score (nSPS) is 14.6. The van der Waals surface area contributed by atoms with E-state index in [0.29, 0.717) is 34.2 Å². The zero-order valence-corrected chi connectivity index (χ0v) is 10.8. The Hall–Kier alpha value is -2.89. The molecular weight excluding hydrogens is 269 g/mol. The van der Waals surface area contributed by atoms with Gasteiger partial charge in [-0.3, -0.25) is 0 Å². The van der Waals surface area contributed by atoms with Crippen molar-refractivity contribution >= 4 is 30.6 Å². The van der Waals surface area contributed by atoms with Gasteiger partial charge in [0.15, 0.2) is 28.3 Å². The van der Waals surface area contributed by atoms with Gasteiger partial charge in [-0.05, 0) is 11.6 Å². The van der Waals surface area contributed by atoms with Crippen LogP contribution in [0.3, 0.4) is 0 Å². The molecule has 21 heavy (non-hydrogen) atoms. The summed E-state index contributed by atoms with van der Waals surface area (Å²) in [7, 11) is -0.672. The minimum atomic E-state index is -0.672. The van der Waals surface area contributed by atoms with E-state index in [1.807, 2.05) is 42.5 Å². The van der Waals surface area contributed by atoms with E-state index in [1.165, 1.54) is 0 Å². The number of aromatic nitrogens is 1. The van der Waals surface area contributed by atoms with Crippen LogP contribution in [0.4, 0.5) is 0 Å². The molecule has 1 aromatic heterocycles. The Kier molecular flexibility index (Phi) is 1.97. The Labute approximate surface area is 119 Å². The highest BCUT2D eigenvalue weighted by molar-refractivity contribution is 6.43. The Morgan fingerprint density at radius 3 is 2.67 bits per heavy atom. The van der Waals surface area contributed by atoms with Crippen molar-refractivity contribution in [3.05, 3.63) is 47.9 Å². The predicted octanol–water partition coefficient (Wildman–Crippen LogP) is 3.15. The fraction of sp³-hybridized carbons (Fsp3) is 0. The largest absolute Gasteiger partial charge is 0.864 e. The lowest BCUT2D eigenvalue weighted by molar-refractivity contribution is 0.385. The fourth-order valence-corrected chi connectivity index (χ4v) is 2.49. The van der Waals surface area contributed by atoms with Gasteiger partial charge in [0, 0.05) is 12.1 Å². The minimum Gasteiger partial charge on any atom is -0.486 e. The Bertz CT molecular complexity index is 886. The van der Waals surface area contributed by atoms with Gasteiger partial charge in [0.2, 0.25) is 5.89 Å². The summed E-state index contributed by atoms with van der Waals surface area (Å²) in [5, 5.41) is 0. The first kappa shape index (κ1) is 10.8. The van der Waals surface area contributed by atoms with Gasteiger partial charge in [-0.2, -0.15) is 0 Å². The third kappa shape index (κ3) is 1.56. The number of nitrogens with zero attached hydrogens (tertiary/aromatic N) is 1. The second-order valence-electron chi connectivity index (χ2n) is 4.82. The smallest absolute Gasteiger partial charge is 0.486 e. The molecule has 6 heteroatoms. The molecule has 2 aromatic carbocycles. The van der Waals surface area contributed by atoms with Crippen LogP contribution in [0.1, 0.15) is 11.5 Å². The summed E-state index contributed by atoms with van der Waals surface area (Å²) in [6.45, 7) is 0. The summed E-state index contributed by atoms with van der Waals surface area (Å²) in [6.07, 6.45) is 3.77. The lowest BCUT2D eigenvalue weighted by Crippen LogP contribution is -2.29. The standard InChI is InChI=1S/C15H8BNO4/c1-2-4-9(5-3-1)6-7-12-17-13-10(18-12)8-11-14-15(13)21-16(19-11)20-14/h1-8H/b7-6+. The third-order valence-electron chi connectivity index (χ3n) is 3.45. The maximum atomic E-state index is 5.71. The van der Waals surface area contributed by atoms with E-state index in [1.54, 1.807) is 6.07 Å². The molecule has 5 nitrogen and oxygen atoms in total. The van der Waals surface area contributed by atoms with Crippen molar-refractivity contribution in [2.24, 2.45) is 0 Å². The van der Waals surface area contributed by atoms with Gasteiger partial charge >= 0.3 is 7.32 Å². The maximum Gasteiger partial charge on any atom is 0.864 e. The van der Waals surface area contributed by atoms with Crippen LogP contribution in [0.25, 0.3) is 23.3 Å². The highest BCUT2D eigenvalue weighted by Gasteiger charge is 2.48. The van der Waals surface area contributed by atoms with Crippen molar-refractivity contribution in [2.75, 3.05) is 0 Å². The molecule has 2 aliphatic heterocycles. The second kappa shape index (κ2) is 3.82. The molecule has 5 rings (SSSR count). The first-order chi connectivity index (χ1) is 10.4. The fourth-order valence-electron chi connectivity index (χ4n) is 2.49. The molecule has 2 bridgehead atoms. The minimum absolute atomic E-state index is 0.516. The SMILES string of the molecule is C(=C\c1nc2c3c4c(cc2o1)OB(O4)O3)/c1ccccc1. The number of benzene rings is 2. The monoisotopic (exact) mass is 277 g/mol. The first-order valence-corrected chi connectivity index (χ1v) is 6.57. The van der Waals surface area contributed by atoms with Crippen LogP contribution in [0, 0.1) is 0 Å². The predicted molar refractivity (Wildman–Crippen MR) is 77.0 cm³/mol.